The van der Waals surface area contributed by atoms with Crippen molar-refractivity contribution in [3.63, 3.8) is 0 Å². The standard InChI is InChI=1S/C8H15NO2/c1-3-6(2)7-4-11-5-8(10)9-7/h6-7H,3-5H2,1-2H3,(H,9,10)/t6-,7+/m0/s1. The van der Waals surface area contributed by atoms with E-state index < -0.39 is 0 Å². The van der Waals surface area contributed by atoms with Crippen LogP contribution in [0.25, 0.3) is 0 Å². The van der Waals surface area contributed by atoms with Crippen LogP contribution in [0.2, 0.25) is 0 Å². The summed E-state index contributed by atoms with van der Waals surface area (Å²) >= 11 is 0. The van der Waals surface area contributed by atoms with Gasteiger partial charge in [0.1, 0.15) is 6.61 Å². The average Bonchev–Trinajstić information content (AvgIpc) is 2.03. The SMILES string of the molecule is CC[C@H](C)[C@H]1COCC(=O)N1. The maximum atomic E-state index is 10.9. The largest absolute Gasteiger partial charge is 0.370 e. The van der Waals surface area contributed by atoms with Crippen molar-refractivity contribution in [1.82, 2.24) is 5.32 Å². The molecule has 0 aromatic rings. The summed E-state index contributed by atoms with van der Waals surface area (Å²) in [6, 6.07) is 0.223. The smallest absolute Gasteiger partial charge is 0.246 e. The quantitative estimate of drug-likeness (QED) is 0.635. The zero-order chi connectivity index (χ0) is 8.27. The average molecular weight is 157 g/mol. The van der Waals surface area contributed by atoms with E-state index in [1.807, 2.05) is 0 Å². The number of carbonyl (C=O) groups is 1. The molecule has 1 fully saturated rings. The van der Waals surface area contributed by atoms with Gasteiger partial charge in [-0.1, -0.05) is 20.3 Å². The van der Waals surface area contributed by atoms with Crippen molar-refractivity contribution in [3.05, 3.63) is 0 Å². The minimum absolute atomic E-state index is 0.0153. The van der Waals surface area contributed by atoms with E-state index in [4.69, 9.17) is 4.74 Å². The Bertz CT molecular complexity index is 147. The van der Waals surface area contributed by atoms with E-state index in [0.29, 0.717) is 12.5 Å². The Hall–Kier alpha value is -0.570. The van der Waals surface area contributed by atoms with Gasteiger partial charge < -0.3 is 10.1 Å². The van der Waals surface area contributed by atoms with E-state index in [1.165, 1.54) is 0 Å². The molecule has 3 nitrogen and oxygen atoms in total. The molecule has 0 spiro atoms. The molecule has 1 saturated heterocycles. The molecule has 1 aliphatic heterocycles. The Balaban J connectivity index is 2.39. The molecule has 0 bridgehead atoms. The summed E-state index contributed by atoms with van der Waals surface area (Å²) in [5, 5.41) is 2.90. The van der Waals surface area contributed by atoms with Crippen molar-refractivity contribution in [2.45, 2.75) is 26.3 Å². The maximum absolute atomic E-state index is 10.9. The Morgan fingerprint density at radius 2 is 2.55 bits per heavy atom. The number of nitrogens with one attached hydrogen (secondary N) is 1. The lowest BCUT2D eigenvalue weighted by atomic mass is 9.99. The molecule has 2 atom stereocenters. The fourth-order valence-electron chi connectivity index (χ4n) is 1.16. The Morgan fingerprint density at radius 1 is 1.82 bits per heavy atom. The van der Waals surface area contributed by atoms with Crippen LogP contribution in [0, 0.1) is 5.92 Å². The van der Waals surface area contributed by atoms with Crippen molar-refractivity contribution in [3.8, 4) is 0 Å². The fraction of sp³-hybridized carbons (Fsp3) is 0.875. The molecule has 0 aromatic heterocycles. The van der Waals surface area contributed by atoms with Crippen LogP contribution >= 0.6 is 0 Å². The van der Waals surface area contributed by atoms with Gasteiger partial charge in [-0.3, -0.25) is 4.79 Å². The zero-order valence-corrected chi connectivity index (χ0v) is 7.09. The Labute approximate surface area is 67.1 Å². The van der Waals surface area contributed by atoms with E-state index >= 15 is 0 Å². The van der Waals surface area contributed by atoms with Crippen LogP contribution < -0.4 is 5.32 Å². The second kappa shape index (κ2) is 3.72. The van der Waals surface area contributed by atoms with E-state index in [-0.39, 0.29) is 18.6 Å². The number of carbonyl (C=O) groups excluding carboxylic acids is 1. The summed E-state index contributed by atoms with van der Waals surface area (Å²) < 4.78 is 5.11. The second-order valence-electron chi connectivity index (χ2n) is 3.07. The van der Waals surface area contributed by atoms with Crippen LogP contribution in [0.5, 0.6) is 0 Å². The number of ether oxygens (including phenoxy) is 1. The van der Waals surface area contributed by atoms with Crippen molar-refractivity contribution in [1.29, 1.82) is 0 Å². The lowest BCUT2D eigenvalue weighted by Gasteiger charge is -2.27. The zero-order valence-electron chi connectivity index (χ0n) is 7.09. The Morgan fingerprint density at radius 3 is 3.09 bits per heavy atom. The number of hydrogen-bond donors (Lipinski definition) is 1. The predicted octanol–water partition coefficient (Wildman–Crippen LogP) is 0.547. The molecule has 0 aliphatic carbocycles. The van der Waals surface area contributed by atoms with Crippen LogP contribution in [0.3, 0.4) is 0 Å². The minimum Gasteiger partial charge on any atom is -0.370 e. The third kappa shape index (κ3) is 2.19. The van der Waals surface area contributed by atoms with Gasteiger partial charge in [0.15, 0.2) is 0 Å². The van der Waals surface area contributed by atoms with Gasteiger partial charge in [-0.05, 0) is 5.92 Å². The Kier molecular flexibility index (Phi) is 2.88. The minimum atomic E-state index is 0.0153. The van der Waals surface area contributed by atoms with E-state index in [9.17, 15) is 4.79 Å². The van der Waals surface area contributed by atoms with Crippen LogP contribution in [0.15, 0.2) is 0 Å². The highest BCUT2D eigenvalue weighted by Crippen LogP contribution is 2.10. The first-order valence-electron chi connectivity index (χ1n) is 4.11. The summed E-state index contributed by atoms with van der Waals surface area (Å²) in [5.41, 5.74) is 0. The lowest BCUT2D eigenvalue weighted by Crippen LogP contribution is -2.48. The second-order valence-corrected chi connectivity index (χ2v) is 3.07. The molecule has 3 heteroatoms. The molecule has 64 valence electrons. The summed E-state index contributed by atoms with van der Waals surface area (Å²) in [7, 11) is 0. The van der Waals surface area contributed by atoms with E-state index in [2.05, 4.69) is 19.2 Å². The van der Waals surface area contributed by atoms with Gasteiger partial charge in [-0.2, -0.15) is 0 Å². The van der Waals surface area contributed by atoms with Crippen LogP contribution in [-0.4, -0.2) is 25.2 Å². The molecular formula is C8H15NO2. The molecule has 0 saturated carbocycles. The third-order valence-corrected chi connectivity index (χ3v) is 2.21. The van der Waals surface area contributed by atoms with Gasteiger partial charge in [0.25, 0.3) is 0 Å². The third-order valence-electron chi connectivity index (χ3n) is 2.21. The molecule has 0 radical (unpaired) electrons. The molecule has 1 heterocycles. The summed E-state index contributed by atoms with van der Waals surface area (Å²) in [5.74, 6) is 0.529. The highest BCUT2D eigenvalue weighted by Gasteiger charge is 2.22. The normalized spacial score (nSPS) is 27.8. The number of hydrogen-bond acceptors (Lipinski definition) is 2. The summed E-state index contributed by atoms with van der Waals surface area (Å²) in [6.45, 7) is 5.14. The van der Waals surface area contributed by atoms with Crippen molar-refractivity contribution < 1.29 is 9.53 Å². The molecule has 1 rings (SSSR count). The number of rotatable bonds is 2. The summed E-state index contributed by atoms with van der Waals surface area (Å²) in [4.78, 5) is 10.9. The van der Waals surface area contributed by atoms with Gasteiger partial charge in [-0.25, -0.2) is 0 Å². The van der Waals surface area contributed by atoms with E-state index in [0.717, 1.165) is 6.42 Å². The first kappa shape index (κ1) is 8.53. The van der Waals surface area contributed by atoms with Crippen LogP contribution in [0.4, 0.5) is 0 Å². The molecule has 11 heavy (non-hydrogen) atoms. The predicted molar refractivity (Wildman–Crippen MR) is 42.2 cm³/mol. The van der Waals surface area contributed by atoms with Gasteiger partial charge in [0.2, 0.25) is 5.91 Å². The maximum Gasteiger partial charge on any atom is 0.246 e. The molecule has 0 unspecified atom stereocenters. The van der Waals surface area contributed by atoms with Gasteiger partial charge in [0, 0.05) is 0 Å². The van der Waals surface area contributed by atoms with Crippen molar-refractivity contribution in [2.75, 3.05) is 13.2 Å². The fourth-order valence-corrected chi connectivity index (χ4v) is 1.16. The van der Waals surface area contributed by atoms with E-state index in [1.54, 1.807) is 0 Å². The first-order chi connectivity index (χ1) is 5.24. The van der Waals surface area contributed by atoms with Crippen LogP contribution in [-0.2, 0) is 9.53 Å². The van der Waals surface area contributed by atoms with Crippen molar-refractivity contribution >= 4 is 5.91 Å². The number of amides is 1. The number of morpholine rings is 1. The molecular weight excluding hydrogens is 142 g/mol. The van der Waals surface area contributed by atoms with Gasteiger partial charge in [-0.15, -0.1) is 0 Å². The van der Waals surface area contributed by atoms with Crippen LogP contribution in [0.1, 0.15) is 20.3 Å². The molecule has 1 N–H and O–H groups in total. The molecule has 1 aliphatic rings. The molecule has 1 amide bonds. The highest BCUT2D eigenvalue weighted by atomic mass is 16.5. The van der Waals surface area contributed by atoms with Crippen molar-refractivity contribution in [2.24, 2.45) is 5.92 Å². The lowest BCUT2D eigenvalue weighted by molar-refractivity contribution is -0.132. The highest BCUT2D eigenvalue weighted by molar-refractivity contribution is 5.78. The summed E-state index contributed by atoms with van der Waals surface area (Å²) in [6.07, 6.45) is 1.08. The first-order valence-corrected chi connectivity index (χ1v) is 4.11. The van der Waals surface area contributed by atoms with Gasteiger partial charge in [0.05, 0.1) is 12.6 Å². The monoisotopic (exact) mass is 157 g/mol. The van der Waals surface area contributed by atoms with Gasteiger partial charge >= 0.3 is 0 Å². The molecule has 0 aromatic carbocycles. The topological polar surface area (TPSA) is 38.3 Å².